The average Bonchev–Trinajstić information content (AvgIpc) is 2.05. The van der Waals surface area contributed by atoms with Gasteiger partial charge in [-0.1, -0.05) is 0 Å². The van der Waals surface area contributed by atoms with Gasteiger partial charge in [-0.15, -0.1) is 0 Å². The van der Waals surface area contributed by atoms with Crippen LogP contribution in [0, 0.1) is 0 Å². The van der Waals surface area contributed by atoms with E-state index in [1.165, 1.54) is 5.56 Å². The molecule has 0 aliphatic rings. The van der Waals surface area contributed by atoms with Crippen LogP contribution in [0.5, 0.6) is 0 Å². The molecule has 0 aromatic heterocycles. The summed E-state index contributed by atoms with van der Waals surface area (Å²) in [6.07, 6.45) is 0. The molecule has 1 atom stereocenters. The van der Waals surface area contributed by atoms with Crippen molar-refractivity contribution in [3.63, 3.8) is 0 Å². The van der Waals surface area contributed by atoms with Crippen molar-refractivity contribution < 1.29 is 0 Å². The van der Waals surface area contributed by atoms with Crippen molar-refractivity contribution in [2.24, 2.45) is 0 Å². The molecule has 2 heteroatoms. The summed E-state index contributed by atoms with van der Waals surface area (Å²) in [5, 5.41) is 0.831. The van der Waals surface area contributed by atoms with E-state index in [0.29, 0.717) is 0 Å². The van der Waals surface area contributed by atoms with Crippen LogP contribution in [-0.4, -0.2) is 20.9 Å². The monoisotopic (exact) mass is 284 g/mol. The summed E-state index contributed by atoms with van der Waals surface area (Å²) in [5.74, 6) is 0. The van der Waals surface area contributed by atoms with E-state index < -0.39 is 0 Å². The standard InChI is InChI=1S/C9H11ClTe/c1-7(11-2)8-3-5-9(10)6-4-8/h3-7H,1-2H3. The molecule has 0 radical (unpaired) electrons. The van der Waals surface area contributed by atoms with Crippen LogP contribution in [0.25, 0.3) is 0 Å². The quantitative estimate of drug-likeness (QED) is 0.731. The van der Waals surface area contributed by atoms with E-state index >= 15 is 0 Å². The van der Waals surface area contributed by atoms with Gasteiger partial charge in [-0.3, -0.25) is 0 Å². The van der Waals surface area contributed by atoms with Gasteiger partial charge in [0.15, 0.2) is 0 Å². The van der Waals surface area contributed by atoms with Crippen molar-refractivity contribution in [3.8, 4) is 0 Å². The van der Waals surface area contributed by atoms with Gasteiger partial charge < -0.3 is 0 Å². The van der Waals surface area contributed by atoms with E-state index in [4.69, 9.17) is 11.6 Å². The second-order valence-electron chi connectivity index (χ2n) is 2.43. The molecule has 0 aliphatic carbocycles. The Kier molecular flexibility index (Phi) is 3.72. The molecule has 0 aliphatic heterocycles. The first kappa shape index (κ1) is 9.39. The topological polar surface area (TPSA) is 0 Å². The van der Waals surface area contributed by atoms with Crippen molar-refractivity contribution in [1.29, 1.82) is 0 Å². The van der Waals surface area contributed by atoms with E-state index in [1.807, 2.05) is 12.1 Å². The third-order valence-corrected chi connectivity index (χ3v) is 4.74. The third kappa shape index (κ3) is 2.67. The average molecular weight is 282 g/mol. The Morgan fingerprint density at radius 2 is 1.82 bits per heavy atom. The molecule has 0 bridgehead atoms. The maximum atomic E-state index is 5.77. The molecule has 60 valence electrons. The molecule has 0 fully saturated rings. The summed E-state index contributed by atoms with van der Waals surface area (Å²) in [6.45, 7) is 2.28. The minimum atomic E-state index is 0.155. The van der Waals surface area contributed by atoms with Gasteiger partial charge in [0.25, 0.3) is 0 Å². The van der Waals surface area contributed by atoms with Gasteiger partial charge in [0.2, 0.25) is 0 Å². The predicted octanol–water partition coefficient (Wildman–Crippen LogP) is 3.15. The van der Waals surface area contributed by atoms with Crippen LogP contribution in [-0.2, 0) is 0 Å². The molecule has 1 unspecified atom stereocenters. The molecule has 1 rings (SSSR count). The fraction of sp³-hybridized carbons (Fsp3) is 0.333. The number of hydrogen-bond acceptors (Lipinski definition) is 0. The second kappa shape index (κ2) is 4.36. The van der Waals surface area contributed by atoms with E-state index in [1.54, 1.807) is 0 Å². The van der Waals surface area contributed by atoms with Crippen LogP contribution in [0.4, 0.5) is 0 Å². The maximum absolute atomic E-state index is 5.77. The Morgan fingerprint density at radius 1 is 1.27 bits per heavy atom. The molecule has 0 spiro atoms. The Balaban J connectivity index is 2.81. The Labute approximate surface area is 83.0 Å². The molecule has 0 nitrogen and oxygen atoms in total. The van der Waals surface area contributed by atoms with E-state index in [0.717, 1.165) is 8.99 Å². The summed E-state index contributed by atoms with van der Waals surface area (Å²) in [5.41, 5.74) is 1.43. The summed E-state index contributed by atoms with van der Waals surface area (Å²) in [7, 11) is 0. The molecule has 0 N–H and O–H groups in total. The van der Waals surface area contributed by atoms with Crippen LogP contribution >= 0.6 is 11.6 Å². The number of hydrogen-bond donors (Lipinski definition) is 0. The first-order chi connectivity index (χ1) is 5.24. The zero-order chi connectivity index (χ0) is 8.27. The van der Waals surface area contributed by atoms with Crippen molar-refractivity contribution >= 4 is 32.5 Å². The number of halogens is 1. The Hall–Kier alpha value is 0.300. The summed E-state index contributed by atoms with van der Waals surface area (Å²) in [4.78, 5) is 2.32. The zero-order valence-electron chi connectivity index (χ0n) is 6.67. The molecule has 0 heterocycles. The van der Waals surface area contributed by atoms with Crippen LogP contribution in [0.2, 0.25) is 9.99 Å². The Morgan fingerprint density at radius 3 is 2.27 bits per heavy atom. The van der Waals surface area contributed by atoms with Gasteiger partial charge >= 0.3 is 83.2 Å². The predicted molar refractivity (Wildman–Crippen MR) is 51.5 cm³/mol. The number of benzene rings is 1. The van der Waals surface area contributed by atoms with E-state index in [9.17, 15) is 0 Å². The summed E-state index contributed by atoms with van der Waals surface area (Å²) < 4.78 is 0.776. The normalized spacial score (nSPS) is 13.0. The van der Waals surface area contributed by atoms with Crippen molar-refractivity contribution in [2.45, 2.75) is 15.9 Å². The fourth-order valence-corrected chi connectivity index (χ4v) is 2.22. The number of rotatable bonds is 2. The first-order valence-corrected chi connectivity index (χ1v) is 7.57. The molecule has 0 amide bonds. The van der Waals surface area contributed by atoms with Crippen LogP contribution < -0.4 is 0 Å². The Bertz CT molecular complexity index is 218. The molecule has 0 saturated heterocycles. The molecular formula is C9H11ClTe. The van der Waals surface area contributed by atoms with Gasteiger partial charge in [0.05, 0.1) is 0 Å². The van der Waals surface area contributed by atoms with Gasteiger partial charge in [-0.2, -0.15) is 0 Å². The van der Waals surface area contributed by atoms with Crippen molar-refractivity contribution in [1.82, 2.24) is 0 Å². The molecule has 11 heavy (non-hydrogen) atoms. The summed E-state index contributed by atoms with van der Waals surface area (Å²) in [6, 6.07) is 8.19. The summed E-state index contributed by atoms with van der Waals surface area (Å²) >= 11 is 5.93. The van der Waals surface area contributed by atoms with E-state index in [-0.39, 0.29) is 20.9 Å². The zero-order valence-corrected chi connectivity index (χ0v) is 9.76. The second-order valence-corrected chi connectivity index (χ2v) is 6.23. The van der Waals surface area contributed by atoms with Crippen LogP contribution in [0.1, 0.15) is 16.5 Å². The molecule has 1 aromatic carbocycles. The van der Waals surface area contributed by atoms with E-state index in [2.05, 4.69) is 24.0 Å². The molecule has 0 saturated carbocycles. The molecule has 1 aromatic rings. The molecular weight excluding hydrogens is 271 g/mol. The van der Waals surface area contributed by atoms with Crippen LogP contribution in [0.15, 0.2) is 24.3 Å². The SMILES string of the molecule is C[Te]C(C)c1ccc(Cl)cc1. The van der Waals surface area contributed by atoms with Gasteiger partial charge in [-0.25, -0.2) is 0 Å². The van der Waals surface area contributed by atoms with Gasteiger partial charge in [0, 0.05) is 0 Å². The van der Waals surface area contributed by atoms with Crippen molar-refractivity contribution in [3.05, 3.63) is 34.9 Å². The van der Waals surface area contributed by atoms with Crippen LogP contribution in [0.3, 0.4) is 0 Å². The third-order valence-electron chi connectivity index (χ3n) is 1.69. The van der Waals surface area contributed by atoms with Gasteiger partial charge in [0.1, 0.15) is 0 Å². The van der Waals surface area contributed by atoms with Crippen molar-refractivity contribution in [2.75, 3.05) is 0 Å². The first-order valence-electron chi connectivity index (χ1n) is 3.52. The minimum absolute atomic E-state index is 0.155. The van der Waals surface area contributed by atoms with Gasteiger partial charge in [-0.05, 0) is 0 Å². The fourth-order valence-electron chi connectivity index (χ4n) is 0.870.